The van der Waals surface area contributed by atoms with E-state index in [0.29, 0.717) is 12.1 Å². The highest BCUT2D eigenvalue weighted by atomic mass is 16.5. The fourth-order valence-corrected chi connectivity index (χ4v) is 3.38. The summed E-state index contributed by atoms with van der Waals surface area (Å²) in [6, 6.07) is 8.76. The van der Waals surface area contributed by atoms with Crippen LogP contribution in [0.4, 0.5) is 0 Å². The van der Waals surface area contributed by atoms with Crippen LogP contribution in [0.5, 0.6) is 0 Å². The molecule has 0 aliphatic heterocycles. The molecule has 1 aliphatic carbocycles. The van der Waals surface area contributed by atoms with Gasteiger partial charge in [-0.15, -0.1) is 0 Å². The Hall–Kier alpha value is -1.32. The third-order valence-electron chi connectivity index (χ3n) is 4.97. The monoisotopic (exact) mass is 287 g/mol. The lowest BCUT2D eigenvalue weighted by atomic mass is 9.64. The normalized spacial score (nSPS) is 24.2. The van der Waals surface area contributed by atoms with E-state index in [4.69, 9.17) is 9.15 Å². The highest BCUT2D eigenvalue weighted by Crippen LogP contribution is 2.43. The van der Waals surface area contributed by atoms with Crippen molar-refractivity contribution in [3.05, 3.63) is 35.6 Å². The van der Waals surface area contributed by atoms with Gasteiger partial charge in [0.05, 0.1) is 6.10 Å². The van der Waals surface area contributed by atoms with Gasteiger partial charge in [0, 0.05) is 35.6 Å². The van der Waals surface area contributed by atoms with Crippen molar-refractivity contribution in [2.45, 2.75) is 52.8 Å². The molecular formula is C18H25NO2. The van der Waals surface area contributed by atoms with Crippen molar-refractivity contribution in [2.24, 2.45) is 5.41 Å². The standard InChI is InChI=1S/C18H25NO2/c1-5-20-17-10-16(18(17,3)4)19-11-14-12(2)21-15-9-7-6-8-13(14)15/h6-9,16-17,19H,5,10-11H2,1-4H3. The number of hydrogen-bond acceptors (Lipinski definition) is 3. The van der Waals surface area contributed by atoms with Crippen LogP contribution in [0.2, 0.25) is 0 Å². The van der Waals surface area contributed by atoms with E-state index in [2.05, 4.69) is 38.2 Å². The Kier molecular flexibility index (Phi) is 3.80. The number of aryl methyl sites for hydroxylation is 1. The van der Waals surface area contributed by atoms with Crippen LogP contribution in [-0.2, 0) is 11.3 Å². The van der Waals surface area contributed by atoms with E-state index in [1.807, 2.05) is 19.1 Å². The Morgan fingerprint density at radius 3 is 2.81 bits per heavy atom. The molecule has 0 spiro atoms. The summed E-state index contributed by atoms with van der Waals surface area (Å²) < 4.78 is 11.6. The van der Waals surface area contributed by atoms with Gasteiger partial charge in [-0.1, -0.05) is 32.0 Å². The molecule has 0 bridgehead atoms. The molecule has 1 saturated carbocycles. The van der Waals surface area contributed by atoms with E-state index in [-0.39, 0.29) is 5.41 Å². The van der Waals surface area contributed by atoms with Crippen LogP contribution in [0, 0.1) is 12.3 Å². The third-order valence-corrected chi connectivity index (χ3v) is 4.97. The number of para-hydroxylation sites is 1. The van der Waals surface area contributed by atoms with Crippen LogP contribution in [0.1, 0.15) is 38.5 Å². The second-order valence-electron chi connectivity index (χ2n) is 6.57. The van der Waals surface area contributed by atoms with Gasteiger partial charge in [-0.3, -0.25) is 0 Å². The van der Waals surface area contributed by atoms with Gasteiger partial charge in [-0.05, 0) is 26.3 Å². The predicted molar refractivity (Wildman–Crippen MR) is 85.4 cm³/mol. The topological polar surface area (TPSA) is 34.4 Å². The number of fused-ring (bicyclic) bond motifs is 1. The lowest BCUT2D eigenvalue weighted by Crippen LogP contribution is -2.60. The predicted octanol–water partition coefficient (Wildman–Crippen LogP) is 4.03. The van der Waals surface area contributed by atoms with Gasteiger partial charge in [0.2, 0.25) is 0 Å². The van der Waals surface area contributed by atoms with E-state index in [9.17, 15) is 0 Å². The third kappa shape index (κ3) is 2.49. The van der Waals surface area contributed by atoms with Crippen LogP contribution in [0.25, 0.3) is 11.0 Å². The molecule has 3 heteroatoms. The zero-order valence-corrected chi connectivity index (χ0v) is 13.4. The summed E-state index contributed by atoms with van der Waals surface area (Å²) in [6.07, 6.45) is 1.47. The van der Waals surface area contributed by atoms with Crippen LogP contribution < -0.4 is 5.32 Å². The summed E-state index contributed by atoms with van der Waals surface area (Å²) in [5, 5.41) is 4.92. The zero-order chi connectivity index (χ0) is 15.0. The molecule has 2 atom stereocenters. The van der Waals surface area contributed by atoms with Crippen LogP contribution in [0.3, 0.4) is 0 Å². The second-order valence-corrected chi connectivity index (χ2v) is 6.57. The zero-order valence-electron chi connectivity index (χ0n) is 13.4. The number of hydrogen-bond donors (Lipinski definition) is 1. The quantitative estimate of drug-likeness (QED) is 0.901. The van der Waals surface area contributed by atoms with E-state index in [0.717, 1.165) is 30.9 Å². The number of ether oxygens (including phenoxy) is 1. The average molecular weight is 287 g/mol. The van der Waals surface area contributed by atoms with E-state index >= 15 is 0 Å². The molecule has 0 amide bonds. The van der Waals surface area contributed by atoms with Gasteiger partial charge in [0.25, 0.3) is 0 Å². The maximum absolute atomic E-state index is 5.83. The lowest BCUT2D eigenvalue weighted by Gasteiger charge is -2.52. The molecule has 3 rings (SSSR count). The van der Waals surface area contributed by atoms with Gasteiger partial charge < -0.3 is 14.5 Å². The van der Waals surface area contributed by atoms with E-state index in [1.54, 1.807) is 0 Å². The first-order valence-electron chi connectivity index (χ1n) is 7.86. The molecule has 3 nitrogen and oxygen atoms in total. The van der Waals surface area contributed by atoms with Crippen molar-refractivity contribution in [3.8, 4) is 0 Å². The minimum Gasteiger partial charge on any atom is -0.461 e. The molecule has 1 heterocycles. The molecule has 114 valence electrons. The summed E-state index contributed by atoms with van der Waals surface area (Å²) >= 11 is 0. The molecule has 2 aromatic rings. The first-order chi connectivity index (χ1) is 10.0. The molecule has 21 heavy (non-hydrogen) atoms. The molecule has 1 aromatic carbocycles. The molecule has 0 saturated heterocycles. The summed E-state index contributed by atoms with van der Waals surface area (Å²) in [5.41, 5.74) is 2.46. The highest BCUT2D eigenvalue weighted by molar-refractivity contribution is 5.82. The molecular weight excluding hydrogens is 262 g/mol. The maximum Gasteiger partial charge on any atom is 0.134 e. The first kappa shape index (κ1) is 14.6. The lowest BCUT2D eigenvalue weighted by molar-refractivity contribution is -0.114. The smallest absolute Gasteiger partial charge is 0.134 e. The van der Waals surface area contributed by atoms with Gasteiger partial charge >= 0.3 is 0 Å². The van der Waals surface area contributed by atoms with Crippen LogP contribution >= 0.6 is 0 Å². The Labute approximate surface area is 126 Å². The SMILES string of the molecule is CCOC1CC(NCc2c(C)oc3ccccc23)C1(C)C. The van der Waals surface area contributed by atoms with Gasteiger partial charge in [-0.25, -0.2) is 0 Å². The molecule has 1 fully saturated rings. The second kappa shape index (κ2) is 5.47. The Bertz CT molecular complexity index is 629. The average Bonchev–Trinajstić information content (AvgIpc) is 2.78. The van der Waals surface area contributed by atoms with Crippen molar-refractivity contribution in [1.82, 2.24) is 5.32 Å². The molecule has 1 aliphatic rings. The number of benzene rings is 1. The Morgan fingerprint density at radius 2 is 2.10 bits per heavy atom. The molecule has 1 N–H and O–H groups in total. The molecule has 0 radical (unpaired) electrons. The number of furan rings is 1. The fourth-order valence-electron chi connectivity index (χ4n) is 3.38. The van der Waals surface area contributed by atoms with Crippen molar-refractivity contribution in [3.63, 3.8) is 0 Å². The summed E-state index contributed by atoms with van der Waals surface area (Å²) in [6.45, 7) is 10.3. The van der Waals surface area contributed by atoms with Crippen molar-refractivity contribution < 1.29 is 9.15 Å². The van der Waals surface area contributed by atoms with Crippen molar-refractivity contribution in [2.75, 3.05) is 6.61 Å². The summed E-state index contributed by atoms with van der Waals surface area (Å²) in [5.74, 6) is 1.02. The number of rotatable bonds is 5. The summed E-state index contributed by atoms with van der Waals surface area (Å²) in [4.78, 5) is 0. The van der Waals surface area contributed by atoms with Crippen LogP contribution in [0.15, 0.2) is 28.7 Å². The fraction of sp³-hybridized carbons (Fsp3) is 0.556. The Balaban J connectivity index is 1.69. The highest BCUT2D eigenvalue weighted by Gasteiger charge is 2.48. The van der Waals surface area contributed by atoms with E-state index in [1.165, 1.54) is 10.9 Å². The summed E-state index contributed by atoms with van der Waals surface area (Å²) in [7, 11) is 0. The van der Waals surface area contributed by atoms with Gasteiger partial charge in [0.15, 0.2) is 0 Å². The minimum absolute atomic E-state index is 0.198. The largest absolute Gasteiger partial charge is 0.461 e. The van der Waals surface area contributed by atoms with Gasteiger partial charge in [-0.2, -0.15) is 0 Å². The first-order valence-corrected chi connectivity index (χ1v) is 7.86. The minimum atomic E-state index is 0.198. The molecule has 2 unspecified atom stereocenters. The van der Waals surface area contributed by atoms with Crippen molar-refractivity contribution >= 4 is 11.0 Å². The van der Waals surface area contributed by atoms with Gasteiger partial charge in [0.1, 0.15) is 11.3 Å². The van der Waals surface area contributed by atoms with Crippen molar-refractivity contribution in [1.29, 1.82) is 0 Å². The maximum atomic E-state index is 5.83. The Morgan fingerprint density at radius 1 is 1.33 bits per heavy atom. The van der Waals surface area contributed by atoms with E-state index < -0.39 is 0 Å². The molecule has 1 aromatic heterocycles. The number of nitrogens with one attached hydrogen (secondary N) is 1. The van der Waals surface area contributed by atoms with Crippen LogP contribution in [-0.4, -0.2) is 18.8 Å².